The third-order valence-electron chi connectivity index (χ3n) is 2.47. The summed E-state index contributed by atoms with van der Waals surface area (Å²) >= 11 is 0. The van der Waals surface area contributed by atoms with Crippen molar-refractivity contribution in [3.05, 3.63) is 12.2 Å². The fraction of sp³-hybridized carbons (Fsp3) is 0.800. The summed E-state index contributed by atoms with van der Waals surface area (Å²) in [7, 11) is 4.38. The van der Waals surface area contributed by atoms with E-state index in [1.807, 2.05) is 0 Å². The van der Waals surface area contributed by atoms with E-state index in [-0.39, 0.29) is 0 Å². The maximum Gasteiger partial charge on any atom is 0.00922 e. The van der Waals surface area contributed by atoms with Crippen molar-refractivity contribution < 1.29 is 0 Å². The second kappa shape index (κ2) is 4.55. The van der Waals surface area contributed by atoms with Crippen LogP contribution in [0.15, 0.2) is 12.2 Å². The molecular formula is C10H19N. The molecule has 0 spiro atoms. The predicted molar refractivity (Wildman–Crippen MR) is 49.7 cm³/mol. The van der Waals surface area contributed by atoms with Gasteiger partial charge >= 0.3 is 0 Å². The second-order valence-corrected chi connectivity index (χ2v) is 3.60. The molecule has 64 valence electrons. The number of hydrogen-bond acceptors (Lipinski definition) is 1. The Morgan fingerprint density at radius 1 is 1.09 bits per heavy atom. The van der Waals surface area contributed by atoms with E-state index in [1.165, 1.54) is 32.1 Å². The Balaban J connectivity index is 2.35. The molecule has 1 atom stereocenters. The topological polar surface area (TPSA) is 3.24 Å². The molecule has 1 aliphatic rings. The average molecular weight is 153 g/mol. The third kappa shape index (κ3) is 3.06. The number of allylic oxidation sites excluding steroid dienone is 2. The first kappa shape index (κ1) is 8.79. The largest absolute Gasteiger partial charge is 0.306 e. The minimum absolute atomic E-state index is 0.819. The van der Waals surface area contributed by atoms with E-state index in [1.54, 1.807) is 0 Å². The molecule has 1 aliphatic carbocycles. The molecule has 1 rings (SSSR count). The summed E-state index contributed by atoms with van der Waals surface area (Å²) < 4.78 is 0. The molecule has 0 aromatic rings. The first-order valence-corrected chi connectivity index (χ1v) is 4.62. The molecule has 0 aromatic carbocycles. The van der Waals surface area contributed by atoms with Gasteiger partial charge in [0.15, 0.2) is 0 Å². The molecule has 0 unspecified atom stereocenters. The lowest BCUT2D eigenvalue weighted by atomic mass is 10.0. The van der Waals surface area contributed by atoms with Crippen molar-refractivity contribution in [2.24, 2.45) is 0 Å². The van der Waals surface area contributed by atoms with Crippen LogP contribution in [0, 0.1) is 0 Å². The van der Waals surface area contributed by atoms with Gasteiger partial charge in [0.25, 0.3) is 0 Å². The van der Waals surface area contributed by atoms with Crippen LogP contribution in [0.1, 0.15) is 32.1 Å². The lowest BCUT2D eigenvalue weighted by Crippen LogP contribution is -2.27. The maximum absolute atomic E-state index is 2.36. The van der Waals surface area contributed by atoms with E-state index in [9.17, 15) is 0 Å². The Hall–Kier alpha value is -0.300. The monoisotopic (exact) mass is 153 g/mol. The summed E-state index contributed by atoms with van der Waals surface area (Å²) in [6.45, 7) is 0. The summed E-state index contributed by atoms with van der Waals surface area (Å²) in [5, 5.41) is 0. The van der Waals surface area contributed by atoms with Crippen LogP contribution in [0.3, 0.4) is 0 Å². The Bertz CT molecular complexity index is 127. The highest BCUT2D eigenvalue weighted by molar-refractivity contribution is 4.86. The van der Waals surface area contributed by atoms with Gasteiger partial charge in [0.1, 0.15) is 0 Å². The zero-order chi connectivity index (χ0) is 8.10. The van der Waals surface area contributed by atoms with Crippen molar-refractivity contribution in [3.8, 4) is 0 Å². The van der Waals surface area contributed by atoms with E-state index in [0.29, 0.717) is 0 Å². The zero-order valence-electron chi connectivity index (χ0n) is 7.71. The molecule has 0 heterocycles. The predicted octanol–water partition coefficient (Wildman–Crippen LogP) is 2.44. The van der Waals surface area contributed by atoms with E-state index in [0.717, 1.165) is 6.04 Å². The van der Waals surface area contributed by atoms with Crippen LogP contribution >= 0.6 is 0 Å². The Labute approximate surface area is 70.1 Å². The van der Waals surface area contributed by atoms with E-state index < -0.39 is 0 Å². The standard InChI is InChI=1S/C10H19N/c1-11(2)10-8-6-4-3-5-7-9-10/h3-4,10H,5-9H2,1-2H3/t10-/m0/s1. The molecule has 0 N–H and O–H groups in total. The van der Waals surface area contributed by atoms with Gasteiger partial charge in [-0.05, 0) is 46.2 Å². The van der Waals surface area contributed by atoms with Crippen LogP contribution in [-0.4, -0.2) is 25.0 Å². The van der Waals surface area contributed by atoms with Crippen molar-refractivity contribution in [3.63, 3.8) is 0 Å². The van der Waals surface area contributed by atoms with E-state index in [2.05, 4.69) is 31.1 Å². The van der Waals surface area contributed by atoms with Crippen LogP contribution < -0.4 is 0 Å². The fourth-order valence-electron chi connectivity index (χ4n) is 1.66. The van der Waals surface area contributed by atoms with Gasteiger partial charge in [-0.2, -0.15) is 0 Å². The zero-order valence-corrected chi connectivity index (χ0v) is 7.71. The molecule has 0 radical (unpaired) electrons. The molecule has 0 saturated carbocycles. The smallest absolute Gasteiger partial charge is 0.00922 e. The summed E-state index contributed by atoms with van der Waals surface area (Å²) in [5.41, 5.74) is 0. The van der Waals surface area contributed by atoms with Crippen LogP contribution in [0.5, 0.6) is 0 Å². The molecular weight excluding hydrogens is 134 g/mol. The van der Waals surface area contributed by atoms with Crippen molar-refractivity contribution in [1.29, 1.82) is 0 Å². The highest BCUT2D eigenvalue weighted by atomic mass is 15.1. The molecule has 0 bridgehead atoms. The Morgan fingerprint density at radius 2 is 1.82 bits per heavy atom. The summed E-state index contributed by atoms with van der Waals surface area (Å²) in [4.78, 5) is 2.36. The van der Waals surface area contributed by atoms with Crippen LogP contribution in [0.2, 0.25) is 0 Å². The summed E-state index contributed by atoms with van der Waals surface area (Å²) in [5.74, 6) is 0. The van der Waals surface area contributed by atoms with Crippen molar-refractivity contribution in [2.45, 2.75) is 38.1 Å². The minimum atomic E-state index is 0.819. The van der Waals surface area contributed by atoms with Crippen molar-refractivity contribution in [2.75, 3.05) is 14.1 Å². The van der Waals surface area contributed by atoms with Gasteiger partial charge in [0.2, 0.25) is 0 Å². The van der Waals surface area contributed by atoms with Crippen LogP contribution in [0.25, 0.3) is 0 Å². The SMILES string of the molecule is CN(C)[C@H]1CCC=CCCC1. The highest BCUT2D eigenvalue weighted by Crippen LogP contribution is 2.15. The lowest BCUT2D eigenvalue weighted by molar-refractivity contribution is 0.259. The molecule has 0 saturated heterocycles. The summed E-state index contributed by atoms with van der Waals surface area (Å²) in [6, 6.07) is 0.819. The van der Waals surface area contributed by atoms with Gasteiger partial charge in [-0.3, -0.25) is 0 Å². The van der Waals surface area contributed by atoms with Gasteiger partial charge in [0.05, 0.1) is 0 Å². The maximum atomic E-state index is 2.36. The number of rotatable bonds is 1. The third-order valence-corrected chi connectivity index (χ3v) is 2.47. The fourth-order valence-corrected chi connectivity index (χ4v) is 1.66. The first-order valence-electron chi connectivity index (χ1n) is 4.62. The van der Waals surface area contributed by atoms with Gasteiger partial charge in [-0.15, -0.1) is 0 Å². The van der Waals surface area contributed by atoms with E-state index in [4.69, 9.17) is 0 Å². The molecule has 11 heavy (non-hydrogen) atoms. The Kier molecular flexibility index (Phi) is 3.64. The highest BCUT2D eigenvalue weighted by Gasteiger charge is 2.10. The molecule has 0 aromatic heterocycles. The quantitative estimate of drug-likeness (QED) is 0.523. The molecule has 0 fully saturated rings. The van der Waals surface area contributed by atoms with Gasteiger partial charge in [-0.1, -0.05) is 12.2 Å². The molecule has 1 heteroatoms. The van der Waals surface area contributed by atoms with Gasteiger partial charge < -0.3 is 4.90 Å². The average Bonchev–Trinajstić information content (AvgIpc) is 1.84. The van der Waals surface area contributed by atoms with E-state index >= 15 is 0 Å². The number of hydrogen-bond donors (Lipinski definition) is 0. The lowest BCUT2D eigenvalue weighted by Gasteiger charge is -2.24. The summed E-state index contributed by atoms with van der Waals surface area (Å²) in [6.07, 6.45) is 11.3. The molecule has 1 nitrogen and oxygen atoms in total. The normalized spacial score (nSPS) is 26.6. The second-order valence-electron chi connectivity index (χ2n) is 3.60. The minimum Gasteiger partial charge on any atom is -0.306 e. The molecule has 0 amide bonds. The van der Waals surface area contributed by atoms with Crippen molar-refractivity contribution >= 4 is 0 Å². The van der Waals surface area contributed by atoms with Crippen LogP contribution in [-0.2, 0) is 0 Å². The Morgan fingerprint density at radius 3 is 2.55 bits per heavy atom. The molecule has 0 aliphatic heterocycles. The van der Waals surface area contributed by atoms with Gasteiger partial charge in [0, 0.05) is 6.04 Å². The van der Waals surface area contributed by atoms with Crippen molar-refractivity contribution in [1.82, 2.24) is 4.90 Å². The van der Waals surface area contributed by atoms with Gasteiger partial charge in [-0.25, -0.2) is 0 Å². The van der Waals surface area contributed by atoms with Crippen LogP contribution in [0.4, 0.5) is 0 Å². The first-order chi connectivity index (χ1) is 5.30. The number of nitrogens with zero attached hydrogens (tertiary/aromatic N) is 1.